The number of nitrogens with one attached hydrogen (secondary N) is 1. The van der Waals surface area contributed by atoms with E-state index in [1.54, 1.807) is 24.3 Å². The molecule has 2 aromatic carbocycles. The van der Waals surface area contributed by atoms with E-state index in [0.717, 1.165) is 12.1 Å². The van der Waals surface area contributed by atoms with Gasteiger partial charge >= 0.3 is 0 Å². The molecule has 1 saturated carbocycles. The highest BCUT2D eigenvalue weighted by molar-refractivity contribution is 5.45. The number of fused-ring (bicyclic) bond motifs is 3. The minimum absolute atomic E-state index is 0.253. The van der Waals surface area contributed by atoms with E-state index in [2.05, 4.69) is 51.2 Å². The van der Waals surface area contributed by atoms with Gasteiger partial charge in [0.05, 0.1) is 7.11 Å². The molecule has 168 valence electrons. The number of benzene rings is 2. The number of para-hydroxylation sites is 1. The van der Waals surface area contributed by atoms with Gasteiger partial charge in [-0.05, 0) is 71.1 Å². The first-order chi connectivity index (χ1) is 14.8. The third kappa shape index (κ3) is 3.98. The lowest BCUT2D eigenvalue weighted by Crippen LogP contribution is -2.52. The SMILES string of the molecule is COc1cccc(CNC[C@]2(C)CCC[C@@]3(C)c4ccc(C(C)C)cc4CC[C@@H]23)c1O. The highest BCUT2D eigenvalue weighted by Crippen LogP contribution is 2.57. The van der Waals surface area contributed by atoms with E-state index in [9.17, 15) is 5.11 Å². The average molecular weight is 422 g/mol. The Morgan fingerprint density at radius 2 is 1.97 bits per heavy atom. The van der Waals surface area contributed by atoms with E-state index in [4.69, 9.17) is 4.74 Å². The van der Waals surface area contributed by atoms with Gasteiger partial charge in [0.15, 0.2) is 11.5 Å². The number of hydrogen-bond acceptors (Lipinski definition) is 3. The summed E-state index contributed by atoms with van der Waals surface area (Å²) >= 11 is 0. The lowest BCUT2D eigenvalue weighted by Gasteiger charge is -2.55. The quantitative estimate of drug-likeness (QED) is 0.573. The molecule has 0 radical (unpaired) electrons. The summed E-state index contributed by atoms with van der Waals surface area (Å²) in [7, 11) is 1.60. The molecule has 0 spiro atoms. The zero-order valence-electron chi connectivity index (χ0n) is 19.9. The van der Waals surface area contributed by atoms with Crippen molar-refractivity contribution in [3.63, 3.8) is 0 Å². The molecule has 0 aromatic heterocycles. The summed E-state index contributed by atoms with van der Waals surface area (Å²) in [6.45, 7) is 11.2. The summed E-state index contributed by atoms with van der Waals surface area (Å²) in [5, 5.41) is 14.1. The smallest absolute Gasteiger partial charge is 0.162 e. The molecule has 0 aliphatic heterocycles. The molecule has 2 aromatic rings. The predicted octanol–water partition coefficient (Wildman–Crippen LogP) is 6.32. The Balaban J connectivity index is 1.52. The third-order valence-electron chi connectivity index (χ3n) is 8.31. The van der Waals surface area contributed by atoms with Crippen LogP contribution in [0.3, 0.4) is 0 Å². The molecule has 2 aliphatic rings. The van der Waals surface area contributed by atoms with E-state index in [-0.39, 0.29) is 16.6 Å². The Bertz CT molecular complexity index is 937. The van der Waals surface area contributed by atoms with E-state index in [0.29, 0.717) is 24.1 Å². The van der Waals surface area contributed by atoms with Crippen LogP contribution in [0.25, 0.3) is 0 Å². The number of methoxy groups -OCH3 is 1. The van der Waals surface area contributed by atoms with Gasteiger partial charge in [-0.3, -0.25) is 0 Å². The molecule has 31 heavy (non-hydrogen) atoms. The van der Waals surface area contributed by atoms with Crippen molar-refractivity contribution in [2.45, 2.75) is 77.7 Å². The minimum Gasteiger partial charge on any atom is -0.504 e. The third-order valence-corrected chi connectivity index (χ3v) is 8.31. The van der Waals surface area contributed by atoms with E-state index >= 15 is 0 Å². The molecule has 0 amide bonds. The monoisotopic (exact) mass is 421 g/mol. The van der Waals surface area contributed by atoms with Crippen LogP contribution in [0.5, 0.6) is 11.5 Å². The number of rotatable bonds is 6. The second kappa shape index (κ2) is 8.50. The van der Waals surface area contributed by atoms with Gasteiger partial charge in [0, 0.05) is 18.7 Å². The molecule has 4 rings (SSSR count). The minimum atomic E-state index is 0.253. The van der Waals surface area contributed by atoms with E-state index in [1.165, 1.54) is 37.7 Å². The first kappa shape index (κ1) is 22.2. The zero-order valence-corrected chi connectivity index (χ0v) is 19.9. The van der Waals surface area contributed by atoms with Crippen LogP contribution in [-0.4, -0.2) is 18.8 Å². The molecule has 1 fully saturated rings. The van der Waals surface area contributed by atoms with Crippen molar-refractivity contribution in [3.8, 4) is 11.5 Å². The molecule has 3 nitrogen and oxygen atoms in total. The van der Waals surface area contributed by atoms with Crippen LogP contribution in [0.1, 0.15) is 81.5 Å². The van der Waals surface area contributed by atoms with Crippen LogP contribution in [0, 0.1) is 11.3 Å². The maximum absolute atomic E-state index is 10.4. The molecule has 3 atom stereocenters. The van der Waals surface area contributed by atoms with Gasteiger partial charge in [-0.15, -0.1) is 0 Å². The van der Waals surface area contributed by atoms with Gasteiger partial charge < -0.3 is 15.2 Å². The molecule has 0 heterocycles. The van der Waals surface area contributed by atoms with Crippen LogP contribution >= 0.6 is 0 Å². The average Bonchev–Trinajstić information content (AvgIpc) is 2.74. The number of ether oxygens (including phenoxy) is 1. The molecule has 2 aliphatic carbocycles. The fraction of sp³-hybridized carbons (Fsp3) is 0.571. The van der Waals surface area contributed by atoms with Crippen molar-refractivity contribution >= 4 is 0 Å². The fourth-order valence-corrected chi connectivity index (χ4v) is 6.57. The number of phenolic OH excluding ortho intramolecular Hbond substituents is 1. The summed E-state index contributed by atoms with van der Waals surface area (Å²) in [5.41, 5.74) is 6.08. The topological polar surface area (TPSA) is 41.5 Å². The van der Waals surface area contributed by atoms with Crippen molar-refractivity contribution in [2.24, 2.45) is 11.3 Å². The highest BCUT2D eigenvalue weighted by atomic mass is 16.5. The van der Waals surface area contributed by atoms with Crippen LogP contribution in [0.4, 0.5) is 0 Å². The highest BCUT2D eigenvalue weighted by Gasteiger charge is 2.51. The Labute approximate surface area is 188 Å². The second-order valence-electron chi connectivity index (χ2n) is 10.7. The molecular formula is C28H39NO2. The summed E-state index contributed by atoms with van der Waals surface area (Å²) < 4.78 is 5.26. The van der Waals surface area contributed by atoms with Gasteiger partial charge in [0.1, 0.15) is 0 Å². The van der Waals surface area contributed by atoms with Crippen LogP contribution in [0.2, 0.25) is 0 Å². The largest absolute Gasteiger partial charge is 0.504 e. The number of aromatic hydroxyl groups is 1. The number of hydrogen-bond donors (Lipinski definition) is 2. The Morgan fingerprint density at radius 1 is 1.16 bits per heavy atom. The maximum atomic E-state index is 10.4. The lowest BCUT2D eigenvalue weighted by atomic mass is 9.49. The van der Waals surface area contributed by atoms with Crippen molar-refractivity contribution < 1.29 is 9.84 Å². The van der Waals surface area contributed by atoms with Crippen LogP contribution in [-0.2, 0) is 18.4 Å². The summed E-state index contributed by atoms with van der Waals surface area (Å²) in [6.07, 6.45) is 6.30. The van der Waals surface area contributed by atoms with Crippen molar-refractivity contribution in [3.05, 3.63) is 58.7 Å². The van der Waals surface area contributed by atoms with E-state index in [1.807, 2.05) is 12.1 Å². The molecular weight excluding hydrogens is 382 g/mol. The fourth-order valence-electron chi connectivity index (χ4n) is 6.57. The zero-order chi connectivity index (χ0) is 22.2. The van der Waals surface area contributed by atoms with Gasteiger partial charge in [-0.1, -0.05) is 64.4 Å². The lowest BCUT2D eigenvalue weighted by molar-refractivity contribution is 0.0256. The van der Waals surface area contributed by atoms with Crippen molar-refractivity contribution in [1.82, 2.24) is 5.32 Å². The molecule has 0 bridgehead atoms. The van der Waals surface area contributed by atoms with Gasteiger partial charge in [-0.25, -0.2) is 0 Å². The van der Waals surface area contributed by atoms with E-state index < -0.39 is 0 Å². The molecule has 0 unspecified atom stereocenters. The van der Waals surface area contributed by atoms with Crippen LogP contribution < -0.4 is 10.1 Å². The molecule has 2 N–H and O–H groups in total. The molecule has 3 heteroatoms. The Morgan fingerprint density at radius 3 is 2.71 bits per heavy atom. The standard InChI is InChI=1S/C28H39NO2/c1-19(2)20-10-12-23-21(16-20)11-13-25-27(3,14-7-15-28(23,25)4)18-29-17-22-8-6-9-24(31-5)26(22)30/h6,8-10,12,16,19,25,29-30H,7,11,13-15,17-18H2,1-5H3/t25-,27-,28-/m0/s1. The number of aryl methyl sites for hydroxylation is 1. The normalized spacial score (nSPS) is 27.6. The van der Waals surface area contributed by atoms with Crippen molar-refractivity contribution in [2.75, 3.05) is 13.7 Å². The maximum Gasteiger partial charge on any atom is 0.162 e. The van der Waals surface area contributed by atoms with Gasteiger partial charge in [0.25, 0.3) is 0 Å². The van der Waals surface area contributed by atoms with Gasteiger partial charge in [-0.2, -0.15) is 0 Å². The summed E-state index contributed by atoms with van der Waals surface area (Å²) in [5.74, 6) is 2.06. The second-order valence-corrected chi connectivity index (χ2v) is 10.7. The van der Waals surface area contributed by atoms with Crippen LogP contribution in [0.15, 0.2) is 36.4 Å². The Hall–Kier alpha value is -2.00. The number of phenols is 1. The summed E-state index contributed by atoms with van der Waals surface area (Å²) in [4.78, 5) is 0. The summed E-state index contributed by atoms with van der Waals surface area (Å²) in [6, 6.07) is 13.0. The first-order valence-electron chi connectivity index (χ1n) is 12.0. The Kier molecular flexibility index (Phi) is 6.09. The first-order valence-corrected chi connectivity index (χ1v) is 12.0. The van der Waals surface area contributed by atoms with Crippen molar-refractivity contribution in [1.29, 1.82) is 0 Å². The predicted molar refractivity (Wildman–Crippen MR) is 128 cm³/mol. The molecule has 0 saturated heterocycles. The van der Waals surface area contributed by atoms with Gasteiger partial charge in [0.2, 0.25) is 0 Å².